The molecule has 0 radical (unpaired) electrons. The minimum atomic E-state index is -0.854. The Labute approximate surface area is 110 Å². The fraction of sp³-hybridized carbons (Fsp3) is 0.286. The fourth-order valence-electron chi connectivity index (χ4n) is 2.47. The van der Waals surface area contributed by atoms with E-state index in [9.17, 15) is 10.1 Å². The highest BCUT2D eigenvalue weighted by molar-refractivity contribution is 6.34. The molecule has 3 rings (SSSR count). The average Bonchev–Trinajstić information content (AvgIpc) is 2.84. The first kappa shape index (κ1) is 11.6. The Hall–Kier alpha value is -2.48. The predicted molar refractivity (Wildman–Crippen MR) is 71.0 cm³/mol. The number of allylic oxidation sites excluding steroid dienone is 4. The van der Waals surface area contributed by atoms with Gasteiger partial charge in [-0.3, -0.25) is 9.69 Å². The molecule has 0 aliphatic carbocycles. The van der Waals surface area contributed by atoms with E-state index in [2.05, 4.69) is 17.1 Å². The summed E-state index contributed by atoms with van der Waals surface area (Å²) < 4.78 is 0. The maximum atomic E-state index is 12.3. The maximum absolute atomic E-state index is 12.3. The molecule has 5 heteroatoms. The molecule has 3 aliphatic rings. The van der Waals surface area contributed by atoms with Crippen LogP contribution in [0.3, 0.4) is 0 Å². The molecule has 94 valence electrons. The van der Waals surface area contributed by atoms with Crippen molar-refractivity contribution in [3.63, 3.8) is 0 Å². The van der Waals surface area contributed by atoms with Crippen molar-refractivity contribution >= 4 is 17.3 Å². The second kappa shape index (κ2) is 4.32. The molecule has 0 aromatic heterocycles. The summed E-state index contributed by atoms with van der Waals surface area (Å²) in [6, 6.07) is 2.03. The van der Waals surface area contributed by atoms with Crippen molar-refractivity contribution in [2.75, 3.05) is 0 Å². The Morgan fingerprint density at radius 1 is 1.42 bits per heavy atom. The zero-order valence-electron chi connectivity index (χ0n) is 10.5. The molecule has 1 amide bonds. The van der Waals surface area contributed by atoms with Gasteiger partial charge in [-0.05, 0) is 18.6 Å². The molecule has 1 unspecified atom stereocenters. The SMILES string of the molecule is CCCC1=NN=C2C1=C1C=CC=CN1C(=O)C2C#N. The molecule has 0 aromatic rings. The highest BCUT2D eigenvalue weighted by atomic mass is 16.2. The monoisotopic (exact) mass is 252 g/mol. The summed E-state index contributed by atoms with van der Waals surface area (Å²) in [6.07, 6.45) is 8.95. The third kappa shape index (κ3) is 1.57. The molecule has 5 nitrogen and oxygen atoms in total. The Kier molecular flexibility index (Phi) is 2.64. The van der Waals surface area contributed by atoms with E-state index in [1.54, 1.807) is 12.3 Å². The molecule has 0 N–H and O–H groups in total. The van der Waals surface area contributed by atoms with Crippen LogP contribution in [0.25, 0.3) is 0 Å². The second-order valence-electron chi connectivity index (χ2n) is 4.51. The number of fused-ring (bicyclic) bond motifs is 2. The molecule has 0 saturated heterocycles. The van der Waals surface area contributed by atoms with Gasteiger partial charge < -0.3 is 0 Å². The number of nitriles is 1. The minimum Gasteiger partial charge on any atom is -0.286 e. The quantitative estimate of drug-likeness (QED) is 0.753. The summed E-state index contributed by atoms with van der Waals surface area (Å²) in [6.45, 7) is 2.07. The highest BCUT2D eigenvalue weighted by Gasteiger charge is 2.42. The van der Waals surface area contributed by atoms with E-state index >= 15 is 0 Å². The molecule has 0 saturated carbocycles. The van der Waals surface area contributed by atoms with Crippen LogP contribution < -0.4 is 0 Å². The smallest absolute Gasteiger partial charge is 0.254 e. The highest BCUT2D eigenvalue weighted by Crippen LogP contribution is 2.33. The summed E-state index contributed by atoms with van der Waals surface area (Å²) in [5, 5.41) is 17.4. The molecule has 0 fully saturated rings. The van der Waals surface area contributed by atoms with E-state index in [0.29, 0.717) is 5.71 Å². The summed E-state index contributed by atoms with van der Waals surface area (Å²) in [5.41, 5.74) is 3.00. The van der Waals surface area contributed by atoms with Gasteiger partial charge >= 0.3 is 0 Å². The fourth-order valence-corrected chi connectivity index (χ4v) is 2.47. The zero-order valence-corrected chi connectivity index (χ0v) is 10.5. The lowest BCUT2D eigenvalue weighted by atomic mass is 9.86. The summed E-state index contributed by atoms with van der Waals surface area (Å²) in [4.78, 5) is 13.8. The lowest BCUT2D eigenvalue weighted by molar-refractivity contribution is -0.127. The molecule has 0 bridgehead atoms. The Morgan fingerprint density at radius 2 is 2.26 bits per heavy atom. The number of carbonyl (C=O) groups is 1. The topological polar surface area (TPSA) is 68.8 Å². The van der Waals surface area contributed by atoms with Gasteiger partial charge in [0.1, 0.15) is 5.71 Å². The van der Waals surface area contributed by atoms with Crippen LogP contribution in [0.1, 0.15) is 19.8 Å². The average molecular weight is 252 g/mol. The van der Waals surface area contributed by atoms with Gasteiger partial charge in [-0.2, -0.15) is 15.5 Å². The van der Waals surface area contributed by atoms with Crippen LogP contribution in [0.15, 0.2) is 45.9 Å². The van der Waals surface area contributed by atoms with Gasteiger partial charge in [0, 0.05) is 11.8 Å². The standard InChI is InChI=1S/C14H12N4O/c1-2-5-10-12-11-6-3-4-7-18(11)14(19)9(8-15)13(12)17-16-10/h3-4,6-7,9H,2,5H2,1H3. The Morgan fingerprint density at radius 3 is 3.00 bits per heavy atom. The number of carbonyl (C=O) groups excluding carboxylic acids is 1. The van der Waals surface area contributed by atoms with Gasteiger partial charge in [-0.25, -0.2) is 0 Å². The van der Waals surface area contributed by atoms with Crippen molar-refractivity contribution in [2.24, 2.45) is 16.1 Å². The Balaban J connectivity index is 2.17. The largest absolute Gasteiger partial charge is 0.286 e. The number of nitrogens with zero attached hydrogens (tertiary/aromatic N) is 4. The Bertz CT molecular complexity index is 643. The number of hydrogen-bond acceptors (Lipinski definition) is 4. The third-order valence-electron chi connectivity index (χ3n) is 3.31. The predicted octanol–water partition coefficient (Wildman–Crippen LogP) is 1.92. The summed E-state index contributed by atoms with van der Waals surface area (Å²) in [5.74, 6) is -1.11. The zero-order chi connectivity index (χ0) is 13.4. The van der Waals surface area contributed by atoms with E-state index < -0.39 is 5.92 Å². The van der Waals surface area contributed by atoms with Crippen LogP contribution in [0.5, 0.6) is 0 Å². The van der Waals surface area contributed by atoms with E-state index in [1.807, 2.05) is 18.2 Å². The van der Waals surface area contributed by atoms with Crippen LogP contribution in [0, 0.1) is 17.2 Å². The maximum Gasteiger partial charge on any atom is 0.254 e. The van der Waals surface area contributed by atoms with Crippen LogP contribution in [-0.2, 0) is 4.79 Å². The van der Waals surface area contributed by atoms with Crippen LogP contribution >= 0.6 is 0 Å². The van der Waals surface area contributed by atoms with Crippen LogP contribution in [-0.4, -0.2) is 22.2 Å². The van der Waals surface area contributed by atoms with Gasteiger partial charge in [0.2, 0.25) is 0 Å². The molecule has 19 heavy (non-hydrogen) atoms. The van der Waals surface area contributed by atoms with Crippen molar-refractivity contribution in [2.45, 2.75) is 19.8 Å². The molecular formula is C14H12N4O. The first-order valence-corrected chi connectivity index (χ1v) is 6.25. The van der Waals surface area contributed by atoms with Crippen molar-refractivity contribution in [1.82, 2.24) is 4.90 Å². The van der Waals surface area contributed by atoms with Crippen molar-refractivity contribution < 1.29 is 4.79 Å². The number of amides is 1. The van der Waals surface area contributed by atoms with E-state index in [0.717, 1.165) is 29.8 Å². The van der Waals surface area contributed by atoms with Gasteiger partial charge in [0.05, 0.1) is 17.5 Å². The molecule has 3 aliphatic heterocycles. The van der Waals surface area contributed by atoms with Gasteiger partial charge in [-0.1, -0.05) is 19.4 Å². The molecule has 3 heterocycles. The lowest BCUT2D eigenvalue weighted by Gasteiger charge is -2.31. The van der Waals surface area contributed by atoms with Crippen LogP contribution in [0.4, 0.5) is 0 Å². The normalized spacial score (nSPS) is 23.9. The van der Waals surface area contributed by atoms with Crippen molar-refractivity contribution in [1.29, 1.82) is 5.26 Å². The molecule has 0 spiro atoms. The molecular weight excluding hydrogens is 240 g/mol. The lowest BCUT2D eigenvalue weighted by Crippen LogP contribution is -2.42. The van der Waals surface area contributed by atoms with Gasteiger partial charge in [-0.15, -0.1) is 0 Å². The van der Waals surface area contributed by atoms with Gasteiger partial charge in [0.15, 0.2) is 5.92 Å². The number of rotatable bonds is 2. The molecule has 1 atom stereocenters. The molecule has 0 aromatic carbocycles. The van der Waals surface area contributed by atoms with E-state index in [1.165, 1.54) is 4.90 Å². The number of hydrogen-bond donors (Lipinski definition) is 0. The van der Waals surface area contributed by atoms with E-state index in [-0.39, 0.29) is 5.91 Å². The summed E-state index contributed by atoms with van der Waals surface area (Å²) >= 11 is 0. The van der Waals surface area contributed by atoms with E-state index in [4.69, 9.17) is 0 Å². The third-order valence-corrected chi connectivity index (χ3v) is 3.31. The first-order chi connectivity index (χ1) is 9.27. The minimum absolute atomic E-state index is 0.256. The van der Waals surface area contributed by atoms with Crippen molar-refractivity contribution in [3.05, 3.63) is 35.7 Å². The summed E-state index contributed by atoms with van der Waals surface area (Å²) in [7, 11) is 0. The van der Waals surface area contributed by atoms with Gasteiger partial charge in [0.25, 0.3) is 5.91 Å². The second-order valence-corrected chi connectivity index (χ2v) is 4.51. The van der Waals surface area contributed by atoms with Crippen LogP contribution in [0.2, 0.25) is 0 Å². The first-order valence-electron chi connectivity index (χ1n) is 6.25. The van der Waals surface area contributed by atoms with Crippen molar-refractivity contribution in [3.8, 4) is 6.07 Å².